The van der Waals surface area contributed by atoms with Gasteiger partial charge in [-0.25, -0.2) is 23.5 Å². The number of nitrogens with zero attached hydrogens (tertiary/aromatic N) is 2. The number of benzene rings is 1. The molecular formula is C20H20F5N3O4. The van der Waals surface area contributed by atoms with E-state index in [2.05, 4.69) is 20.0 Å². The van der Waals surface area contributed by atoms with Crippen LogP contribution < -0.4 is 5.32 Å². The first-order chi connectivity index (χ1) is 15.0. The van der Waals surface area contributed by atoms with E-state index in [0.29, 0.717) is 6.07 Å². The van der Waals surface area contributed by atoms with E-state index in [1.807, 2.05) is 0 Å². The lowest BCUT2D eigenvalue weighted by atomic mass is 10.0. The summed E-state index contributed by atoms with van der Waals surface area (Å²) in [6, 6.07) is 1.87. The third-order valence-electron chi connectivity index (χ3n) is 4.75. The second kappa shape index (κ2) is 9.33. The predicted octanol–water partition coefficient (Wildman–Crippen LogP) is 4.35. The Labute approximate surface area is 179 Å². The molecule has 1 fully saturated rings. The molecule has 32 heavy (non-hydrogen) atoms. The standard InChI is InChI=1S/C20H20F5N3O4/c1-9(11-5-4-6-12(14(11)21)20(23,24)25)26-17-13(19-31-7-8-32-19)16(27-10(2)28-17)15(22)18(29)30-3/h4-6,9,15,19H,7-8H2,1-3H3,(H,26,27,28)/t9-,15?/m1/s1. The van der Waals surface area contributed by atoms with Crippen LogP contribution in [0.2, 0.25) is 0 Å². The molecule has 2 atom stereocenters. The molecule has 1 aliphatic rings. The van der Waals surface area contributed by atoms with Crippen molar-refractivity contribution in [1.82, 2.24) is 9.97 Å². The number of nitrogens with one attached hydrogen (secondary N) is 1. The molecule has 0 spiro atoms. The van der Waals surface area contributed by atoms with Gasteiger partial charge in [-0.2, -0.15) is 13.2 Å². The summed E-state index contributed by atoms with van der Waals surface area (Å²) in [7, 11) is 1.00. The van der Waals surface area contributed by atoms with E-state index in [-0.39, 0.29) is 41.7 Å². The van der Waals surface area contributed by atoms with E-state index in [0.717, 1.165) is 13.2 Å². The summed E-state index contributed by atoms with van der Waals surface area (Å²) in [5, 5.41) is 2.78. The SMILES string of the molecule is COC(=O)C(F)c1nc(C)nc(N[C@H](C)c2cccc(C(F)(F)F)c2F)c1C1OCCO1. The van der Waals surface area contributed by atoms with Gasteiger partial charge in [0, 0.05) is 5.56 Å². The van der Waals surface area contributed by atoms with Crippen LogP contribution >= 0.6 is 0 Å². The number of esters is 1. The number of aryl methyl sites for hydroxylation is 1. The van der Waals surface area contributed by atoms with Crippen LogP contribution in [0.1, 0.15) is 53.6 Å². The van der Waals surface area contributed by atoms with E-state index in [4.69, 9.17) is 9.47 Å². The summed E-state index contributed by atoms with van der Waals surface area (Å²) in [4.78, 5) is 20.0. The second-order valence-corrected chi connectivity index (χ2v) is 6.95. The van der Waals surface area contributed by atoms with Gasteiger partial charge in [-0.3, -0.25) is 0 Å². The number of alkyl halides is 4. The van der Waals surface area contributed by atoms with Crippen molar-refractivity contribution in [3.8, 4) is 0 Å². The van der Waals surface area contributed by atoms with Crippen LogP contribution in [0.5, 0.6) is 0 Å². The smallest absolute Gasteiger partial charge is 0.419 e. The van der Waals surface area contributed by atoms with Gasteiger partial charge in [0.05, 0.1) is 37.5 Å². The Morgan fingerprint density at radius 3 is 2.50 bits per heavy atom. The van der Waals surface area contributed by atoms with Gasteiger partial charge in [0.15, 0.2) is 6.29 Å². The number of carbonyl (C=O) groups excluding carboxylic acids is 1. The average molecular weight is 461 g/mol. The Morgan fingerprint density at radius 2 is 1.91 bits per heavy atom. The Balaban J connectivity index is 2.06. The van der Waals surface area contributed by atoms with Crippen LogP contribution in [-0.4, -0.2) is 36.3 Å². The second-order valence-electron chi connectivity index (χ2n) is 6.95. The zero-order chi connectivity index (χ0) is 23.6. The molecule has 0 bridgehead atoms. The highest BCUT2D eigenvalue weighted by molar-refractivity contribution is 5.77. The molecule has 174 valence electrons. The summed E-state index contributed by atoms with van der Waals surface area (Å²) in [5.41, 5.74) is -2.15. The van der Waals surface area contributed by atoms with Crippen molar-refractivity contribution in [1.29, 1.82) is 0 Å². The quantitative estimate of drug-likeness (QED) is 0.506. The number of hydrogen-bond donors (Lipinski definition) is 1. The number of methoxy groups -OCH3 is 1. The summed E-state index contributed by atoms with van der Waals surface area (Å²) in [6.07, 6.45) is -8.32. The zero-order valence-corrected chi connectivity index (χ0v) is 17.3. The summed E-state index contributed by atoms with van der Waals surface area (Å²) < 4.78 is 84.0. The predicted molar refractivity (Wildman–Crippen MR) is 101 cm³/mol. The first kappa shape index (κ1) is 23.8. The highest BCUT2D eigenvalue weighted by Crippen LogP contribution is 2.38. The molecule has 1 aromatic heterocycles. The molecule has 1 unspecified atom stereocenters. The van der Waals surface area contributed by atoms with Gasteiger partial charge < -0.3 is 19.5 Å². The van der Waals surface area contributed by atoms with Crippen LogP contribution in [-0.2, 0) is 25.2 Å². The Morgan fingerprint density at radius 1 is 1.25 bits per heavy atom. The number of carbonyl (C=O) groups is 1. The summed E-state index contributed by atoms with van der Waals surface area (Å²) in [5.74, 6) is -2.69. The fourth-order valence-electron chi connectivity index (χ4n) is 3.26. The topological polar surface area (TPSA) is 82.6 Å². The molecular weight excluding hydrogens is 441 g/mol. The lowest BCUT2D eigenvalue weighted by molar-refractivity contribution is -0.147. The van der Waals surface area contributed by atoms with Crippen molar-refractivity contribution in [2.75, 3.05) is 25.6 Å². The van der Waals surface area contributed by atoms with Crippen LogP contribution in [0.3, 0.4) is 0 Å². The first-order valence-corrected chi connectivity index (χ1v) is 9.50. The van der Waals surface area contributed by atoms with Crippen LogP contribution in [0.4, 0.5) is 27.8 Å². The lowest BCUT2D eigenvalue weighted by Gasteiger charge is -2.23. The van der Waals surface area contributed by atoms with Gasteiger partial charge in [0.25, 0.3) is 0 Å². The Hall–Kier alpha value is -2.86. The van der Waals surface area contributed by atoms with Crippen LogP contribution in [0.15, 0.2) is 18.2 Å². The number of hydrogen-bond acceptors (Lipinski definition) is 7. The van der Waals surface area contributed by atoms with Crippen molar-refractivity contribution in [2.45, 2.75) is 38.5 Å². The maximum Gasteiger partial charge on any atom is 0.419 e. The summed E-state index contributed by atoms with van der Waals surface area (Å²) in [6.45, 7) is 3.17. The minimum absolute atomic E-state index is 0.0486. The monoisotopic (exact) mass is 461 g/mol. The minimum Gasteiger partial charge on any atom is -0.467 e. The van der Waals surface area contributed by atoms with Gasteiger partial charge in [0.2, 0.25) is 6.17 Å². The fraction of sp³-hybridized carbons (Fsp3) is 0.450. The largest absolute Gasteiger partial charge is 0.467 e. The highest BCUT2D eigenvalue weighted by Gasteiger charge is 2.37. The average Bonchev–Trinajstić information content (AvgIpc) is 3.25. The van der Waals surface area contributed by atoms with E-state index < -0.39 is 42.0 Å². The fourth-order valence-corrected chi connectivity index (χ4v) is 3.26. The highest BCUT2D eigenvalue weighted by atomic mass is 19.4. The Kier molecular flexibility index (Phi) is 6.94. The third kappa shape index (κ3) is 4.80. The van der Waals surface area contributed by atoms with Crippen LogP contribution in [0.25, 0.3) is 0 Å². The van der Waals surface area contributed by atoms with Gasteiger partial charge in [-0.15, -0.1) is 0 Å². The van der Waals surface area contributed by atoms with E-state index >= 15 is 0 Å². The number of halogens is 5. The van der Waals surface area contributed by atoms with E-state index in [1.54, 1.807) is 0 Å². The van der Waals surface area contributed by atoms with Gasteiger partial charge in [-0.05, 0) is 19.9 Å². The first-order valence-electron chi connectivity index (χ1n) is 9.50. The van der Waals surface area contributed by atoms with Crippen molar-refractivity contribution in [2.24, 2.45) is 0 Å². The molecule has 1 N–H and O–H groups in total. The van der Waals surface area contributed by atoms with E-state index in [1.165, 1.54) is 19.9 Å². The molecule has 12 heteroatoms. The molecule has 0 amide bonds. The van der Waals surface area contributed by atoms with Crippen LogP contribution in [0, 0.1) is 12.7 Å². The van der Waals surface area contributed by atoms with E-state index in [9.17, 15) is 26.7 Å². The molecule has 0 radical (unpaired) electrons. The molecule has 1 saturated heterocycles. The third-order valence-corrected chi connectivity index (χ3v) is 4.75. The van der Waals surface area contributed by atoms with Crippen molar-refractivity contribution < 1.29 is 41.0 Å². The lowest BCUT2D eigenvalue weighted by Crippen LogP contribution is -2.21. The van der Waals surface area contributed by atoms with Gasteiger partial charge >= 0.3 is 12.1 Å². The molecule has 2 heterocycles. The minimum atomic E-state index is -4.88. The number of aromatic nitrogens is 2. The van der Waals surface area contributed by atoms with Gasteiger partial charge in [0.1, 0.15) is 23.2 Å². The number of ether oxygens (including phenoxy) is 3. The molecule has 3 rings (SSSR count). The van der Waals surface area contributed by atoms with Crippen molar-refractivity contribution in [3.05, 3.63) is 52.2 Å². The molecule has 0 saturated carbocycles. The maximum atomic E-state index is 14.8. The number of rotatable bonds is 6. The van der Waals surface area contributed by atoms with Crippen molar-refractivity contribution in [3.63, 3.8) is 0 Å². The molecule has 2 aromatic rings. The van der Waals surface area contributed by atoms with Gasteiger partial charge in [-0.1, -0.05) is 12.1 Å². The molecule has 1 aromatic carbocycles. The molecule has 7 nitrogen and oxygen atoms in total. The normalized spacial score (nSPS) is 16.6. The Bertz CT molecular complexity index is 996. The number of anilines is 1. The zero-order valence-electron chi connectivity index (χ0n) is 17.3. The maximum absolute atomic E-state index is 14.8. The molecule has 1 aliphatic heterocycles. The summed E-state index contributed by atoms with van der Waals surface area (Å²) >= 11 is 0. The molecule has 0 aliphatic carbocycles. The van der Waals surface area contributed by atoms with Crippen molar-refractivity contribution >= 4 is 11.8 Å².